The fourth-order valence-electron chi connectivity index (χ4n) is 6.31. The number of carbonyl (C=O) groups is 1. The van der Waals surface area contributed by atoms with Gasteiger partial charge in [-0.25, -0.2) is 0 Å². The number of hydrogen-bond donors (Lipinski definition) is 1. The molecule has 1 N–H and O–H groups in total. The molecule has 4 rings (SSSR count). The molecule has 0 radical (unpaired) electrons. The highest BCUT2D eigenvalue weighted by molar-refractivity contribution is 6.20. The van der Waals surface area contributed by atoms with Crippen LogP contribution in [0.1, 0.15) is 57.8 Å². The van der Waals surface area contributed by atoms with Gasteiger partial charge in [-0.15, -0.1) is 11.6 Å². The Morgan fingerprint density at radius 3 is 2.60 bits per heavy atom. The maximum atomic E-state index is 12.6. The van der Waals surface area contributed by atoms with Gasteiger partial charge in [0.1, 0.15) is 6.04 Å². The summed E-state index contributed by atoms with van der Waals surface area (Å²) in [6, 6.07) is 3.11. The minimum absolute atomic E-state index is 0.109. The lowest BCUT2D eigenvalue weighted by atomic mass is 9.81. The molecule has 5 atom stereocenters. The third-order valence-electron chi connectivity index (χ3n) is 8.03. The summed E-state index contributed by atoms with van der Waals surface area (Å²) in [5.74, 6) is 1.32. The number of nitrogens with zero attached hydrogens (tertiary/aromatic N) is 3. The molecule has 4 fully saturated rings. The predicted octanol–water partition coefficient (Wildman–Crippen LogP) is 2.96. The predicted molar refractivity (Wildman–Crippen MR) is 117 cm³/mol. The van der Waals surface area contributed by atoms with E-state index < -0.39 is 0 Å². The smallest absolute Gasteiger partial charge is 0.323 e. The molecule has 0 spiro atoms. The second kappa shape index (κ2) is 10.2. The summed E-state index contributed by atoms with van der Waals surface area (Å²) in [5, 5.41) is 13.4. The number of nitriles is 1. The number of ether oxygens (including phenoxy) is 1. The van der Waals surface area contributed by atoms with Crippen LogP contribution >= 0.6 is 11.6 Å². The molecule has 7 heteroatoms. The minimum Gasteiger partial charge on any atom is -0.468 e. The number of likely N-dealkylation sites (tertiary alicyclic amines) is 1. The summed E-state index contributed by atoms with van der Waals surface area (Å²) in [4.78, 5) is 17.6. The first kappa shape index (κ1) is 22.3. The fourth-order valence-corrected chi connectivity index (χ4v) is 6.56. The van der Waals surface area contributed by atoms with Gasteiger partial charge in [0.05, 0.1) is 13.2 Å². The van der Waals surface area contributed by atoms with Gasteiger partial charge >= 0.3 is 5.97 Å². The molecular weight excluding hydrogens is 400 g/mol. The zero-order chi connectivity index (χ0) is 21.1. The molecule has 2 aliphatic carbocycles. The molecule has 0 amide bonds. The molecule has 0 bridgehead atoms. The molecule has 2 heterocycles. The van der Waals surface area contributed by atoms with E-state index in [1.54, 1.807) is 0 Å². The van der Waals surface area contributed by atoms with Gasteiger partial charge in [0.25, 0.3) is 0 Å². The molecule has 2 saturated carbocycles. The standard InChI is InChI=1S/C23H37ClN4O2/c1-30-23(29)21-10-20-22(14-27(21)13-18-4-2-3-17(9-18)11-25)28(15-26-20)12-16-5-7-19(24)8-6-16/h16-22,26H,2-10,12-15H2,1H3. The summed E-state index contributed by atoms with van der Waals surface area (Å²) in [7, 11) is 1.50. The summed E-state index contributed by atoms with van der Waals surface area (Å²) >= 11 is 6.30. The van der Waals surface area contributed by atoms with Crippen molar-refractivity contribution in [1.82, 2.24) is 15.1 Å². The zero-order valence-electron chi connectivity index (χ0n) is 18.3. The first-order valence-electron chi connectivity index (χ1n) is 11.9. The van der Waals surface area contributed by atoms with Crippen molar-refractivity contribution in [2.24, 2.45) is 17.8 Å². The van der Waals surface area contributed by atoms with Crippen molar-refractivity contribution in [3.63, 3.8) is 0 Å². The number of alkyl halides is 1. The highest BCUT2D eigenvalue weighted by Crippen LogP contribution is 2.34. The van der Waals surface area contributed by atoms with Crippen LogP contribution in [0.4, 0.5) is 0 Å². The molecule has 30 heavy (non-hydrogen) atoms. The Labute approximate surface area is 186 Å². The lowest BCUT2D eigenvalue weighted by molar-refractivity contribution is -0.149. The van der Waals surface area contributed by atoms with Crippen LogP contribution in [0.5, 0.6) is 0 Å². The number of rotatable bonds is 5. The summed E-state index contributed by atoms with van der Waals surface area (Å²) in [5.41, 5.74) is 0. The number of piperidine rings is 1. The number of methoxy groups -OCH3 is 1. The number of carbonyl (C=O) groups excluding carboxylic acids is 1. The van der Waals surface area contributed by atoms with E-state index in [0.29, 0.717) is 23.4 Å². The maximum absolute atomic E-state index is 12.6. The van der Waals surface area contributed by atoms with Crippen LogP contribution < -0.4 is 5.32 Å². The van der Waals surface area contributed by atoms with E-state index in [2.05, 4.69) is 21.2 Å². The molecule has 5 unspecified atom stereocenters. The Bertz CT molecular complexity index is 633. The van der Waals surface area contributed by atoms with Crippen molar-refractivity contribution < 1.29 is 9.53 Å². The van der Waals surface area contributed by atoms with Crippen molar-refractivity contribution in [3.05, 3.63) is 0 Å². The van der Waals surface area contributed by atoms with Gasteiger partial charge in [-0.3, -0.25) is 19.9 Å². The molecule has 4 aliphatic rings. The number of hydrogen-bond acceptors (Lipinski definition) is 6. The van der Waals surface area contributed by atoms with Crippen LogP contribution in [-0.4, -0.2) is 72.7 Å². The van der Waals surface area contributed by atoms with Gasteiger partial charge in [-0.1, -0.05) is 6.42 Å². The Balaban J connectivity index is 1.40. The van der Waals surface area contributed by atoms with Crippen molar-refractivity contribution in [2.75, 3.05) is 33.4 Å². The van der Waals surface area contributed by atoms with Crippen molar-refractivity contribution >= 4 is 17.6 Å². The molecular formula is C23H37ClN4O2. The number of nitrogens with one attached hydrogen (secondary N) is 1. The van der Waals surface area contributed by atoms with Crippen molar-refractivity contribution in [2.45, 2.75) is 81.3 Å². The van der Waals surface area contributed by atoms with E-state index in [-0.39, 0.29) is 17.9 Å². The van der Waals surface area contributed by atoms with Gasteiger partial charge in [-0.05, 0) is 63.2 Å². The summed E-state index contributed by atoms with van der Waals surface area (Å²) in [6.45, 7) is 3.87. The Hall–Kier alpha value is -0.870. The van der Waals surface area contributed by atoms with Crippen LogP contribution in [0.3, 0.4) is 0 Å². The average Bonchev–Trinajstić information content (AvgIpc) is 3.16. The fraction of sp³-hybridized carbons (Fsp3) is 0.913. The Kier molecular flexibility index (Phi) is 7.57. The zero-order valence-corrected chi connectivity index (χ0v) is 19.0. The first-order valence-corrected chi connectivity index (χ1v) is 12.3. The molecule has 2 saturated heterocycles. The quantitative estimate of drug-likeness (QED) is 0.527. The SMILES string of the molecule is COC(=O)C1CC2NCN(CC3CCC(Cl)CC3)C2CN1CC1CCCC(C#N)C1. The van der Waals surface area contributed by atoms with Gasteiger partial charge in [0.15, 0.2) is 0 Å². The topological polar surface area (TPSA) is 68.6 Å². The van der Waals surface area contributed by atoms with E-state index in [9.17, 15) is 10.1 Å². The first-order chi connectivity index (χ1) is 14.6. The Morgan fingerprint density at radius 1 is 1.10 bits per heavy atom. The molecule has 0 aromatic carbocycles. The van der Waals surface area contributed by atoms with E-state index in [4.69, 9.17) is 16.3 Å². The van der Waals surface area contributed by atoms with E-state index >= 15 is 0 Å². The third kappa shape index (κ3) is 5.12. The lowest BCUT2D eigenvalue weighted by Crippen LogP contribution is -2.59. The maximum Gasteiger partial charge on any atom is 0.323 e. The molecule has 2 aliphatic heterocycles. The second-order valence-corrected chi connectivity index (χ2v) is 10.6. The molecule has 6 nitrogen and oxygen atoms in total. The molecule has 168 valence electrons. The van der Waals surface area contributed by atoms with Gasteiger partial charge in [-0.2, -0.15) is 5.26 Å². The molecule has 0 aromatic rings. The van der Waals surface area contributed by atoms with Crippen LogP contribution in [-0.2, 0) is 9.53 Å². The largest absolute Gasteiger partial charge is 0.468 e. The second-order valence-electron chi connectivity index (χ2n) is 10.0. The lowest BCUT2D eigenvalue weighted by Gasteiger charge is -2.44. The van der Waals surface area contributed by atoms with Gasteiger partial charge < -0.3 is 4.74 Å². The number of halogens is 1. The minimum atomic E-state index is -0.169. The van der Waals surface area contributed by atoms with Crippen LogP contribution in [0.25, 0.3) is 0 Å². The monoisotopic (exact) mass is 436 g/mol. The Morgan fingerprint density at radius 2 is 1.87 bits per heavy atom. The number of esters is 1. The normalized spacial score (nSPS) is 40.5. The highest BCUT2D eigenvalue weighted by atomic mass is 35.5. The highest BCUT2D eigenvalue weighted by Gasteiger charge is 2.45. The molecule has 0 aromatic heterocycles. The summed E-state index contributed by atoms with van der Waals surface area (Å²) < 4.78 is 5.17. The van der Waals surface area contributed by atoms with Crippen molar-refractivity contribution in [3.8, 4) is 6.07 Å². The third-order valence-corrected chi connectivity index (χ3v) is 8.47. The van der Waals surface area contributed by atoms with E-state index in [1.165, 1.54) is 26.4 Å². The number of fused-ring (bicyclic) bond motifs is 1. The summed E-state index contributed by atoms with van der Waals surface area (Å²) in [6.07, 6.45) is 9.85. The van der Waals surface area contributed by atoms with Crippen LogP contribution in [0.2, 0.25) is 0 Å². The average molecular weight is 437 g/mol. The van der Waals surface area contributed by atoms with Gasteiger partial charge in [0.2, 0.25) is 0 Å². The van der Waals surface area contributed by atoms with Crippen LogP contribution in [0, 0.1) is 29.1 Å². The van der Waals surface area contributed by atoms with E-state index in [1.807, 2.05) is 0 Å². The van der Waals surface area contributed by atoms with Gasteiger partial charge in [0, 0.05) is 49.7 Å². The van der Waals surface area contributed by atoms with Crippen LogP contribution in [0.15, 0.2) is 0 Å². The van der Waals surface area contributed by atoms with Crippen molar-refractivity contribution in [1.29, 1.82) is 5.26 Å². The van der Waals surface area contributed by atoms with E-state index in [0.717, 1.165) is 70.7 Å².